The summed E-state index contributed by atoms with van der Waals surface area (Å²) in [6, 6.07) is 8.65. The van der Waals surface area contributed by atoms with Gasteiger partial charge in [0, 0.05) is 12.0 Å². The lowest BCUT2D eigenvalue weighted by Crippen LogP contribution is -2.34. The van der Waals surface area contributed by atoms with E-state index in [1.807, 2.05) is 26.2 Å². The van der Waals surface area contributed by atoms with Crippen LogP contribution in [0.3, 0.4) is 0 Å². The van der Waals surface area contributed by atoms with Crippen molar-refractivity contribution < 1.29 is 23.7 Å². The van der Waals surface area contributed by atoms with Crippen LogP contribution in [0, 0.1) is 0 Å². The minimum absolute atomic E-state index is 0.0787. The number of ether oxygens (including phenoxy) is 4. The Labute approximate surface area is 187 Å². The summed E-state index contributed by atoms with van der Waals surface area (Å²) in [5, 5.41) is 0.937. The predicted octanol–water partition coefficient (Wildman–Crippen LogP) is 4.91. The van der Waals surface area contributed by atoms with E-state index in [1.165, 1.54) is 21.3 Å². The van der Waals surface area contributed by atoms with Gasteiger partial charge in [-0.2, -0.15) is 0 Å². The first-order valence-corrected chi connectivity index (χ1v) is 10.1. The second-order valence-electron chi connectivity index (χ2n) is 7.00. The van der Waals surface area contributed by atoms with Crippen LogP contribution in [0.2, 0.25) is 10.0 Å². The second kappa shape index (κ2) is 10.8. The van der Waals surface area contributed by atoms with E-state index in [4.69, 9.17) is 42.1 Å². The molecule has 0 aromatic heterocycles. The Balaban J connectivity index is 2.28. The second-order valence-corrected chi connectivity index (χ2v) is 7.81. The van der Waals surface area contributed by atoms with Crippen LogP contribution >= 0.6 is 23.2 Å². The summed E-state index contributed by atoms with van der Waals surface area (Å²) in [5.74, 6) is 0.565. The van der Waals surface area contributed by atoms with E-state index in [0.29, 0.717) is 32.9 Å². The van der Waals surface area contributed by atoms with Gasteiger partial charge < -0.3 is 23.8 Å². The summed E-state index contributed by atoms with van der Waals surface area (Å²) in [7, 11) is 8.42. The van der Waals surface area contributed by atoms with E-state index >= 15 is 0 Å². The Kier molecular flexibility index (Phi) is 8.65. The molecule has 0 amide bonds. The molecular weight excluding hydrogens is 429 g/mol. The van der Waals surface area contributed by atoms with Gasteiger partial charge in [-0.3, -0.25) is 0 Å². The number of esters is 1. The standard InChI is InChI=1S/C22H27Cl2NO5/c1-13(25(2)3)16(14-7-8-17(23)18(24)9-14)12-30-22(26)15-10-19(27-4)21(29-6)20(11-15)28-5/h7-11,13,16H,12H2,1-6H3. The van der Waals surface area contributed by atoms with Crippen molar-refractivity contribution in [3.8, 4) is 17.2 Å². The van der Waals surface area contributed by atoms with Crippen molar-refractivity contribution in [2.75, 3.05) is 42.0 Å². The summed E-state index contributed by atoms with van der Waals surface area (Å²) in [5.41, 5.74) is 1.23. The summed E-state index contributed by atoms with van der Waals surface area (Å²) < 4.78 is 21.6. The third-order valence-electron chi connectivity index (χ3n) is 5.06. The zero-order valence-corrected chi connectivity index (χ0v) is 19.5. The van der Waals surface area contributed by atoms with Crippen LogP contribution in [0.5, 0.6) is 17.2 Å². The van der Waals surface area contributed by atoms with Crippen LogP contribution < -0.4 is 14.2 Å². The van der Waals surface area contributed by atoms with Crippen molar-refractivity contribution >= 4 is 29.2 Å². The highest BCUT2D eigenvalue weighted by Gasteiger charge is 2.25. The number of hydrogen-bond acceptors (Lipinski definition) is 6. The Morgan fingerprint density at radius 3 is 2.03 bits per heavy atom. The molecule has 0 fully saturated rings. The molecule has 0 saturated carbocycles. The molecule has 0 heterocycles. The topological polar surface area (TPSA) is 57.2 Å². The van der Waals surface area contributed by atoms with Crippen LogP contribution in [0.1, 0.15) is 28.8 Å². The molecule has 0 radical (unpaired) electrons. The van der Waals surface area contributed by atoms with E-state index in [9.17, 15) is 4.79 Å². The first-order valence-electron chi connectivity index (χ1n) is 9.31. The van der Waals surface area contributed by atoms with Crippen molar-refractivity contribution in [3.63, 3.8) is 0 Å². The van der Waals surface area contributed by atoms with Gasteiger partial charge in [-0.05, 0) is 50.8 Å². The molecule has 0 aliphatic heterocycles. The highest BCUT2D eigenvalue weighted by molar-refractivity contribution is 6.42. The molecule has 2 rings (SSSR count). The average molecular weight is 456 g/mol. The third-order valence-corrected chi connectivity index (χ3v) is 5.80. The van der Waals surface area contributed by atoms with Crippen LogP contribution in [-0.4, -0.2) is 58.9 Å². The number of halogens is 2. The number of benzene rings is 2. The summed E-state index contributed by atoms with van der Waals surface area (Å²) in [6.07, 6.45) is 0. The minimum Gasteiger partial charge on any atom is -0.493 e. The number of likely N-dealkylation sites (N-methyl/N-ethyl adjacent to an activating group) is 1. The highest BCUT2D eigenvalue weighted by atomic mass is 35.5. The fraction of sp³-hybridized carbons (Fsp3) is 0.409. The molecule has 2 unspecified atom stereocenters. The molecule has 30 heavy (non-hydrogen) atoms. The van der Waals surface area contributed by atoms with Gasteiger partial charge in [-0.1, -0.05) is 29.3 Å². The fourth-order valence-corrected chi connectivity index (χ4v) is 3.37. The van der Waals surface area contributed by atoms with Gasteiger partial charge in [0.1, 0.15) is 0 Å². The Bertz CT molecular complexity index is 863. The maximum absolute atomic E-state index is 12.8. The number of rotatable bonds is 9. The maximum Gasteiger partial charge on any atom is 0.338 e. The van der Waals surface area contributed by atoms with E-state index in [2.05, 4.69) is 11.8 Å². The molecule has 8 heteroatoms. The molecule has 0 spiro atoms. The summed E-state index contributed by atoms with van der Waals surface area (Å²) in [6.45, 7) is 2.22. The predicted molar refractivity (Wildman–Crippen MR) is 119 cm³/mol. The lowest BCUT2D eigenvalue weighted by molar-refractivity contribution is 0.0441. The van der Waals surface area contributed by atoms with Crippen LogP contribution in [0.25, 0.3) is 0 Å². The van der Waals surface area contributed by atoms with Crippen molar-refractivity contribution in [1.82, 2.24) is 4.90 Å². The quantitative estimate of drug-likeness (QED) is 0.500. The van der Waals surface area contributed by atoms with Gasteiger partial charge in [0.2, 0.25) is 5.75 Å². The van der Waals surface area contributed by atoms with Gasteiger partial charge >= 0.3 is 5.97 Å². The van der Waals surface area contributed by atoms with Gasteiger partial charge in [0.15, 0.2) is 11.5 Å². The van der Waals surface area contributed by atoms with Crippen molar-refractivity contribution in [2.45, 2.75) is 18.9 Å². The maximum atomic E-state index is 12.8. The molecule has 164 valence electrons. The number of carbonyl (C=O) groups excluding carboxylic acids is 1. The zero-order valence-electron chi connectivity index (χ0n) is 18.0. The van der Waals surface area contributed by atoms with Crippen molar-refractivity contribution in [3.05, 3.63) is 51.5 Å². The first-order chi connectivity index (χ1) is 14.2. The van der Waals surface area contributed by atoms with Crippen LogP contribution in [0.4, 0.5) is 0 Å². The molecule has 6 nitrogen and oxygen atoms in total. The Morgan fingerprint density at radius 1 is 0.967 bits per heavy atom. The van der Waals surface area contributed by atoms with Gasteiger partial charge in [-0.25, -0.2) is 4.79 Å². The molecular formula is C22H27Cl2NO5. The van der Waals surface area contributed by atoms with Gasteiger partial charge in [0.25, 0.3) is 0 Å². The normalized spacial score (nSPS) is 13.0. The molecule has 2 aromatic rings. The molecule has 2 atom stereocenters. The number of hydrogen-bond donors (Lipinski definition) is 0. The molecule has 0 bridgehead atoms. The zero-order chi connectivity index (χ0) is 22.4. The average Bonchev–Trinajstić information content (AvgIpc) is 2.74. The fourth-order valence-electron chi connectivity index (χ4n) is 3.06. The van der Waals surface area contributed by atoms with Crippen molar-refractivity contribution in [1.29, 1.82) is 0 Å². The van der Waals surface area contributed by atoms with E-state index < -0.39 is 5.97 Å². The Hall–Kier alpha value is -2.15. The van der Waals surface area contributed by atoms with E-state index in [0.717, 1.165) is 5.56 Å². The minimum atomic E-state index is -0.495. The van der Waals surface area contributed by atoms with Gasteiger partial charge in [-0.15, -0.1) is 0 Å². The molecule has 0 saturated heterocycles. The Morgan fingerprint density at radius 2 is 1.57 bits per heavy atom. The molecule has 0 N–H and O–H groups in total. The number of methoxy groups -OCH3 is 3. The molecule has 0 aliphatic carbocycles. The lowest BCUT2D eigenvalue weighted by Gasteiger charge is -2.29. The van der Waals surface area contributed by atoms with E-state index in [1.54, 1.807) is 18.2 Å². The monoisotopic (exact) mass is 455 g/mol. The summed E-state index contributed by atoms with van der Waals surface area (Å²) >= 11 is 12.3. The van der Waals surface area contributed by atoms with Crippen LogP contribution in [-0.2, 0) is 4.74 Å². The molecule has 2 aromatic carbocycles. The lowest BCUT2D eigenvalue weighted by atomic mass is 9.92. The smallest absolute Gasteiger partial charge is 0.338 e. The highest BCUT2D eigenvalue weighted by Crippen LogP contribution is 2.38. The van der Waals surface area contributed by atoms with Crippen molar-refractivity contribution in [2.24, 2.45) is 0 Å². The third kappa shape index (κ3) is 5.50. The van der Waals surface area contributed by atoms with Gasteiger partial charge in [0.05, 0.1) is 43.5 Å². The van der Waals surface area contributed by atoms with Crippen LogP contribution in [0.15, 0.2) is 30.3 Å². The van der Waals surface area contributed by atoms with E-state index in [-0.39, 0.29) is 18.6 Å². The first kappa shape index (κ1) is 24.1. The molecule has 0 aliphatic rings. The SMILES string of the molecule is COc1cc(C(=O)OCC(c2ccc(Cl)c(Cl)c2)C(C)N(C)C)cc(OC)c1OC. The number of carbonyl (C=O) groups is 1. The number of nitrogens with zero attached hydrogens (tertiary/aromatic N) is 1. The largest absolute Gasteiger partial charge is 0.493 e. The summed E-state index contributed by atoms with van der Waals surface area (Å²) in [4.78, 5) is 14.9.